The monoisotopic (exact) mass is 270 g/mol. The molecule has 0 radical (unpaired) electrons. The average molecular weight is 270 g/mol. The highest BCUT2D eigenvalue weighted by Crippen LogP contribution is 2.41. The Balaban J connectivity index is 2.03. The van der Waals surface area contributed by atoms with E-state index in [4.69, 9.17) is 14.8 Å². The van der Waals surface area contributed by atoms with Gasteiger partial charge in [0, 0.05) is 18.5 Å². The molecule has 0 amide bonds. The van der Waals surface area contributed by atoms with E-state index in [9.17, 15) is 4.79 Å². The fourth-order valence-electron chi connectivity index (χ4n) is 2.94. The minimum Gasteiger partial charge on any atom is -0.394 e. The van der Waals surface area contributed by atoms with Gasteiger partial charge >= 0.3 is 5.97 Å². The van der Waals surface area contributed by atoms with Crippen molar-refractivity contribution in [3.05, 3.63) is 0 Å². The Kier molecular flexibility index (Phi) is 4.90. The molecule has 0 aromatic rings. The first kappa shape index (κ1) is 14.4. The van der Waals surface area contributed by atoms with Crippen LogP contribution in [0.4, 0.5) is 0 Å². The third kappa shape index (κ3) is 2.80. The predicted octanol–water partition coefficient (Wildman–Crippen LogP) is 0.950. The highest BCUT2D eigenvalue weighted by atomic mass is 16.7. The van der Waals surface area contributed by atoms with Crippen molar-refractivity contribution in [2.24, 2.45) is 17.0 Å². The molecule has 2 aliphatic rings. The number of carbonyl (C=O) groups is 1. The fraction of sp³-hybridized carbons (Fsp3) is 0.846. The van der Waals surface area contributed by atoms with Crippen LogP contribution in [0, 0.1) is 11.8 Å². The molecule has 0 spiro atoms. The van der Waals surface area contributed by atoms with Gasteiger partial charge in [0.25, 0.3) is 0 Å². The minimum atomic E-state index is -0.231. The molecule has 0 bridgehead atoms. The van der Waals surface area contributed by atoms with Crippen LogP contribution in [-0.4, -0.2) is 47.7 Å². The van der Waals surface area contributed by atoms with E-state index < -0.39 is 0 Å². The summed E-state index contributed by atoms with van der Waals surface area (Å²) in [6.45, 7) is 5.15. The van der Waals surface area contributed by atoms with Crippen molar-refractivity contribution >= 4 is 11.7 Å². The smallest absolute Gasteiger partial charge is 0.344 e. The number of hydrogen-bond donors (Lipinski definition) is 1. The molecule has 1 fully saturated rings. The molecule has 1 saturated carbocycles. The Morgan fingerprint density at radius 3 is 2.95 bits per heavy atom. The summed E-state index contributed by atoms with van der Waals surface area (Å²) in [6.07, 6.45) is 2.79. The van der Waals surface area contributed by atoms with Crippen molar-refractivity contribution < 1.29 is 19.6 Å². The number of rotatable bonds is 8. The first-order valence-electron chi connectivity index (χ1n) is 7.00. The van der Waals surface area contributed by atoms with Crippen molar-refractivity contribution in [1.82, 2.24) is 5.06 Å². The van der Waals surface area contributed by atoms with Crippen LogP contribution in [0.1, 0.15) is 33.1 Å². The third-order valence-electron chi connectivity index (χ3n) is 3.85. The van der Waals surface area contributed by atoms with Gasteiger partial charge in [-0.1, -0.05) is 25.4 Å². The molecular weight excluding hydrogens is 248 g/mol. The van der Waals surface area contributed by atoms with Crippen LogP contribution in [0.2, 0.25) is 0 Å². The second-order valence-electron chi connectivity index (χ2n) is 4.98. The van der Waals surface area contributed by atoms with Crippen molar-refractivity contribution in [2.45, 2.75) is 39.2 Å². The van der Waals surface area contributed by atoms with Gasteiger partial charge in [0.1, 0.15) is 5.92 Å². The lowest BCUT2D eigenvalue weighted by Crippen LogP contribution is -2.52. The largest absolute Gasteiger partial charge is 0.394 e. The Bertz CT molecular complexity index is 359. The van der Waals surface area contributed by atoms with Gasteiger partial charge in [-0.25, -0.2) is 4.79 Å². The van der Waals surface area contributed by atoms with Gasteiger partial charge in [-0.05, 0) is 12.8 Å². The number of aliphatic hydroxyl groups is 1. The number of fused-ring (bicyclic) bond motifs is 1. The van der Waals surface area contributed by atoms with Gasteiger partial charge in [0.15, 0.2) is 0 Å². The van der Waals surface area contributed by atoms with Crippen LogP contribution in [-0.2, 0) is 14.5 Å². The Morgan fingerprint density at radius 1 is 1.58 bits per heavy atom. The summed E-state index contributed by atoms with van der Waals surface area (Å²) in [6, 6.07) is 0.177. The summed E-state index contributed by atoms with van der Waals surface area (Å²) in [5.74, 6) is -0.193. The molecule has 19 heavy (non-hydrogen) atoms. The van der Waals surface area contributed by atoms with Crippen molar-refractivity contribution in [3.63, 3.8) is 0 Å². The number of oxime groups is 1. The predicted molar refractivity (Wildman–Crippen MR) is 69.2 cm³/mol. The SMILES string of the molecule is CCC[C@H](C1CC2=NOC(=O)C21)N(CC)OCCO. The van der Waals surface area contributed by atoms with Crippen LogP contribution in [0.3, 0.4) is 0 Å². The number of hydrogen-bond acceptors (Lipinski definition) is 6. The van der Waals surface area contributed by atoms with Crippen LogP contribution in [0.25, 0.3) is 0 Å². The Hall–Kier alpha value is -0.980. The summed E-state index contributed by atoms with van der Waals surface area (Å²) in [4.78, 5) is 22.0. The minimum absolute atomic E-state index is 0.00180. The lowest BCUT2D eigenvalue weighted by molar-refractivity contribution is -0.206. The van der Waals surface area contributed by atoms with Gasteiger partial charge < -0.3 is 9.94 Å². The molecule has 0 saturated heterocycles. The number of carbonyl (C=O) groups excluding carboxylic acids is 1. The standard InChI is InChI=1S/C13H22N2O4/c1-3-5-11(15(4-2)18-7-6-16)9-8-10-12(9)13(17)19-14-10/h9,11-12,16H,3-8H2,1-2H3/t9?,11-,12?/m1/s1. The molecule has 0 aromatic carbocycles. The Morgan fingerprint density at radius 2 is 2.37 bits per heavy atom. The summed E-state index contributed by atoms with van der Waals surface area (Å²) in [5.41, 5.74) is 0.870. The van der Waals surface area contributed by atoms with Crippen molar-refractivity contribution in [2.75, 3.05) is 19.8 Å². The second kappa shape index (κ2) is 6.45. The fourth-order valence-corrected chi connectivity index (χ4v) is 2.94. The number of hydroxylamine groups is 2. The number of aliphatic hydroxyl groups excluding tert-OH is 1. The van der Waals surface area contributed by atoms with Gasteiger partial charge in [-0.15, -0.1) is 0 Å². The summed E-state index contributed by atoms with van der Waals surface area (Å²) in [5, 5.41) is 14.6. The van der Waals surface area contributed by atoms with Gasteiger partial charge in [-0.2, -0.15) is 5.06 Å². The number of nitrogens with zero attached hydrogens (tertiary/aromatic N) is 2. The lowest BCUT2D eigenvalue weighted by Gasteiger charge is -2.42. The van der Waals surface area contributed by atoms with Gasteiger partial charge in [-0.3, -0.25) is 4.84 Å². The van der Waals surface area contributed by atoms with E-state index in [-0.39, 0.29) is 37.1 Å². The van der Waals surface area contributed by atoms with E-state index in [1.165, 1.54) is 0 Å². The first-order chi connectivity index (χ1) is 9.22. The molecule has 1 N–H and O–H groups in total. The molecular formula is C13H22N2O4. The molecule has 6 heteroatoms. The molecule has 1 aliphatic carbocycles. The highest BCUT2D eigenvalue weighted by molar-refractivity contribution is 6.09. The Labute approximate surface area is 113 Å². The van der Waals surface area contributed by atoms with E-state index >= 15 is 0 Å². The molecule has 6 nitrogen and oxygen atoms in total. The van der Waals surface area contributed by atoms with Crippen LogP contribution in [0.5, 0.6) is 0 Å². The normalized spacial score (nSPS) is 26.7. The van der Waals surface area contributed by atoms with Crippen molar-refractivity contribution in [1.29, 1.82) is 0 Å². The van der Waals surface area contributed by atoms with Gasteiger partial charge in [0.2, 0.25) is 0 Å². The zero-order chi connectivity index (χ0) is 13.8. The highest BCUT2D eigenvalue weighted by Gasteiger charge is 2.52. The lowest BCUT2D eigenvalue weighted by atomic mass is 9.67. The van der Waals surface area contributed by atoms with Crippen LogP contribution >= 0.6 is 0 Å². The van der Waals surface area contributed by atoms with Crippen LogP contribution < -0.4 is 0 Å². The van der Waals surface area contributed by atoms with E-state index in [0.29, 0.717) is 0 Å². The molecule has 1 aliphatic heterocycles. The van der Waals surface area contributed by atoms with E-state index in [1.54, 1.807) is 0 Å². The second-order valence-corrected chi connectivity index (χ2v) is 4.98. The van der Waals surface area contributed by atoms with Crippen molar-refractivity contribution in [3.8, 4) is 0 Å². The average Bonchev–Trinajstić information content (AvgIpc) is 2.65. The maximum Gasteiger partial charge on any atom is 0.344 e. The molecule has 3 atom stereocenters. The maximum atomic E-state index is 11.6. The first-order valence-corrected chi connectivity index (χ1v) is 7.00. The zero-order valence-electron chi connectivity index (χ0n) is 11.5. The quantitative estimate of drug-likeness (QED) is 0.525. The summed E-state index contributed by atoms with van der Waals surface area (Å²) >= 11 is 0. The topological polar surface area (TPSA) is 71.4 Å². The van der Waals surface area contributed by atoms with E-state index in [1.807, 2.05) is 12.0 Å². The molecule has 1 heterocycles. The zero-order valence-corrected chi connectivity index (χ0v) is 11.5. The summed E-state index contributed by atoms with van der Waals surface area (Å²) in [7, 11) is 0. The third-order valence-corrected chi connectivity index (χ3v) is 3.85. The molecule has 0 aromatic heterocycles. The molecule has 2 unspecified atom stereocenters. The maximum absolute atomic E-state index is 11.6. The van der Waals surface area contributed by atoms with Crippen LogP contribution in [0.15, 0.2) is 5.16 Å². The van der Waals surface area contributed by atoms with E-state index in [2.05, 4.69) is 12.1 Å². The summed E-state index contributed by atoms with van der Waals surface area (Å²) < 4.78 is 0. The van der Waals surface area contributed by atoms with Gasteiger partial charge in [0.05, 0.1) is 18.9 Å². The molecule has 108 valence electrons. The van der Waals surface area contributed by atoms with E-state index in [0.717, 1.165) is 31.5 Å². The molecule has 2 rings (SSSR count).